The lowest BCUT2D eigenvalue weighted by Crippen LogP contribution is -2.17. The van der Waals surface area contributed by atoms with Gasteiger partial charge in [0.15, 0.2) is 0 Å². The van der Waals surface area contributed by atoms with Crippen molar-refractivity contribution in [2.45, 2.75) is 0 Å². The molecule has 20 heavy (non-hydrogen) atoms. The first-order chi connectivity index (χ1) is 9.56. The Labute approximate surface area is 122 Å². The summed E-state index contributed by atoms with van der Waals surface area (Å²) in [6.07, 6.45) is 1.45. The van der Waals surface area contributed by atoms with Crippen LogP contribution in [0.4, 0.5) is 5.69 Å². The predicted molar refractivity (Wildman–Crippen MR) is 77.5 cm³/mol. The average molecular weight is 310 g/mol. The van der Waals surface area contributed by atoms with Gasteiger partial charge in [0.1, 0.15) is 0 Å². The van der Waals surface area contributed by atoms with E-state index in [0.29, 0.717) is 4.34 Å². The van der Waals surface area contributed by atoms with Gasteiger partial charge in [-0.3, -0.25) is 14.9 Å². The number of amides is 1. The van der Waals surface area contributed by atoms with E-state index in [1.165, 1.54) is 41.8 Å². The molecule has 0 unspecified atom stereocenters. The topological polar surface area (TPSA) is 84.6 Å². The van der Waals surface area contributed by atoms with Crippen molar-refractivity contribution < 1.29 is 9.72 Å². The molecule has 0 bridgehead atoms. The zero-order valence-corrected chi connectivity index (χ0v) is 11.5. The Kier molecular flexibility index (Phi) is 4.44. The molecular weight excluding hydrogens is 302 g/mol. The molecule has 0 aliphatic heterocycles. The summed E-state index contributed by atoms with van der Waals surface area (Å²) in [5.41, 5.74) is 2.31. The molecule has 1 aromatic carbocycles. The number of nitro groups is 1. The first kappa shape index (κ1) is 14.2. The smallest absolute Gasteiger partial charge is 0.267 e. The maximum absolute atomic E-state index is 11.7. The van der Waals surface area contributed by atoms with Gasteiger partial charge >= 0.3 is 0 Å². The second-order valence-electron chi connectivity index (χ2n) is 3.65. The van der Waals surface area contributed by atoms with Gasteiger partial charge in [0.25, 0.3) is 11.6 Å². The molecule has 0 atom stereocenters. The summed E-state index contributed by atoms with van der Waals surface area (Å²) in [5, 5.41) is 14.4. The van der Waals surface area contributed by atoms with Crippen molar-refractivity contribution in [3.63, 3.8) is 0 Å². The summed E-state index contributed by atoms with van der Waals surface area (Å²) in [6.45, 7) is 0. The Bertz CT molecular complexity index is 684. The molecule has 0 saturated carbocycles. The third kappa shape index (κ3) is 3.62. The normalized spacial score (nSPS) is 10.7. The molecule has 2 aromatic rings. The fourth-order valence-corrected chi connectivity index (χ4v) is 2.31. The Hall–Kier alpha value is -2.25. The van der Waals surface area contributed by atoms with Gasteiger partial charge in [0.05, 0.1) is 15.5 Å². The van der Waals surface area contributed by atoms with E-state index in [1.807, 2.05) is 0 Å². The minimum atomic E-state index is -0.562. The molecule has 0 saturated heterocycles. The number of carbonyl (C=O) groups excluding carboxylic acids is 1. The maximum Gasteiger partial charge on any atom is 0.271 e. The number of nitro benzene ring substituents is 1. The molecular formula is C12H8ClN3O3S. The molecule has 1 N–H and O–H groups in total. The molecule has 0 aliphatic carbocycles. The Morgan fingerprint density at radius 3 is 2.85 bits per heavy atom. The number of carbonyl (C=O) groups is 1. The molecule has 1 heterocycles. The molecule has 0 radical (unpaired) electrons. The highest BCUT2D eigenvalue weighted by Crippen LogP contribution is 2.19. The molecule has 8 heteroatoms. The zero-order valence-electron chi connectivity index (χ0n) is 9.95. The van der Waals surface area contributed by atoms with Gasteiger partial charge < -0.3 is 0 Å². The Balaban J connectivity index is 2.03. The number of thiophene rings is 1. The largest absolute Gasteiger partial charge is 0.271 e. The summed E-state index contributed by atoms with van der Waals surface area (Å²) in [6, 6.07) is 8.89. The van der Waals surface area contributed by atoms with Crippen molar-refractivity contribution in [2.75, 3.05) is 0 Å². The number of hydrogen-bond acceptors (Lipinski definition) is 5. The van der Waals surface area contributed by atoms with Crippen LogP contribution in [-0.4, -0.2) is 17.0 Å². The number of hydrogen-bond donors (Lipinski definition) is 1. The minimum Gasteiger partial charge on any atom is -0.267 e. The minimum absolute atomic E-state index is 0.147. The second kappa shape index (κ2) is 6.27. The third-order valence-corrected chi connectivity index (χ3v) is 3.44. The van der Waals surface area contributed by atoms with Crippen LogP contribution < -0.4 is 5.43 Å². The molecule has 0 fully saturated rings. The number of non-ortho nitro benzene ring substituents is 1. The lowest BCUT2D eigenvalue weighted by Gasteiger charge is -1.99. The van der Waals surface area contributed by atoms with E-state index in [4.69, 9.17) is 11.6 Å². The highest BCUT2D eigenvalue weighted by Gasteiger charge is 2.10. The number of benzene rings is 1. The summed E-state index contributed by atoms with van der Waals surface area (Å²) < 4.78 is 0.622. The molecule has 1 aromatic heterocycles. The third-order valence-electron chi connectivity index (χ3n) is 2.27. The lowest BCUT2D eigenvalue weighted by molar-refractivity contribution is -0.384. The summed E-state index contributed by atoms with van der Waals surface area (Å²) in [4.78, 5) is 22.6. The fourth-order valence-electron chi connectivity index (χ4n) is 1.38. The van der Waals surface area contributed by atoms with E-state index in [0.717, 1.165) is 4.88 Å². The van der Waals surface area contributed by atoms with Gasteiger partial charge in [0, 0.05) is 22.6 Å². The van der Waals surface area contributed by atoms with Crippen LogP contribution in [0.3, 0.4) is 0 Å². The van der Waals surface area contributed by atoms with Gasteiger partial charge in [-0.25, -0.2) is 5.43 Å². The van der Waals surface area contributed by atoms with Crippen molar-refractivity contribution in [1.29, 1.82) is 0 Å². The van der Waals surface area contributed by atoms with Crippen LogP contribution in [-0.2, 0) is 0 Å². The van der Waals surface area contributed by atoms with Crippen LogP contribution in [0.1, 0.15) is 15.2 Å². The van der Waals surface area contributed by atoms with Crippen molar-refractivity contribution in [3.05, 3.63) is 61.3 Å². The highest BCUT2D eigenvalue weighted by atomic mass is 35.5. The van der Waals surface area contributed by atoms with Crippen LogP contribution >= 0.6 is 22.9 Å². The van der Waals surface area contributed by atoms with Crippen molar-refractivity contribution in [3.8, 4) is 0 Å². The standard InChI is InChI=1S/C12H8ClN3O3S/c13-11-5-4-10(20-11)7-14-15-12(17)8-2-1-3-9(6-8)16(18)19/h1-7H,(H,15,17). The number of hydrazone groups is 1. The number of nitrogens with one attached hydrogen (secondary N) is 1. The molecule has 2 rings (SSSR count). The number of halogens is 1. The van der Waals surface area contributed by atoms with Gasteiger partial charge in [-0.15, -0.1) is 11.3 Å². The number of rotatable bonds is 4. The zero-order chi connectivity index (χ0) is 14.5. The maximum atomic E-state index is 11.7. The van der Waals surface area contributed by atoms with Crippen LogP contribution in [0.15, 0.2) is 41.5 Å². The second-order valence-corrected chi connectivity index (χ2v) is 5.40. The van der Waals surface area contributed by atoms with E-state index >= 15 is 0 Å². The summed E-state index contributed by atoms with van der Waals surface area (Å²) >= 11 is 7.07. The fraction of sp³-hybridized carbons (Fsp3) is 0. The number of nitrogens with zero attached hydrogens (tertiary/aromatic N) is 2. The molecule has 0 spiro atoms. The predicted octanol–water partition coefficient (Wildman–Crippen LogP) is 3.07. The SMILES string of the molecule is O=C(NN=Cc1ccc(Cl)s1)c1cccc([N+](=O)[O-])c1. The van der Waals surface area contributed by atoms with Gasteiger partial charge in [0.2, 0.25) is 0 Å². The van der Waals surface area contributed by atoms with Gasteiger partial charge in [-0.05, 0) is 18.2 Å². The van der Waals surface area contributed by atoms with Crippen LogP contribution in [0, 0.1) is 10.1 Å². The van der Waals surface area contributed by atoms with Gasteiger partial charge in [-0.1, -0.05) is 17.7 Å². The van der Waals surface area contributed by atoms with E-state index < -0.39 is 10.8 Å². The van der Waals surface area contributed by atoms with Crippen molar-refractivity contribution in [2.24, 2.45) is 5.10 Å². The van der Waals surface area contributed by atoms with Gasteiger partial charge in [-0.2, -0.15) is 5.10 Å². The first-order valence-electron chi connectivity index (χ1n) is 5.39. The van der Waals surface area contributed by atoms with Crippen LogP contribution in [0.5, 0.6) is 0 Å². The lowest BCUT2D eigenvalue weighted by atomic mass is 10.2. The van der Waals surface area contributed by atoms with E-state index in [-0.39, 0.29) is 11.3 Å². The van der Waals surface area contributed by atoms with Crippen molar-refractivity contribution in [1.82, 2.24) is 5.43 Å². The van der Waals surface area contributed by atoms with Crippen LogP contribution in [0.25, 0.3) is 0 Å². The average Bonchev–Trinajstić information content (AvgIpc) is 2.84. The molecule has 102 valence electrons. The van der Waals surface area contributed by atoms with E-state index in [9.17, 15) is 14.9 Å². The van der Waals surface area contributed by atoms with Crippen molar-refractivity contribution >= 4 is 40.7 Å². The van der Waals surface area contributed by atoms with E-state index in [1.54, 1.807) is 12.1 Å². The monoisotopic (exact) mass is 309 g/mol. The Morgan fingerprint density at radius 1 is 1.40 bits per heavy atom. The summed E-state index contributed by atoms with van der Waals surface area (Å²) in [5.74, 6) is -0.521. The quantitative estimate of drug-likeness (QED) is 0.535. The molecule has 1 amide bonds. The van der Waals surface area contributed by atoms with Crippen LogP contribution in [0.2, 0.25) is 4.34 Å². The highest BCUT2D eigenvalue weighted by molar-refractivity contribution is 7.17. The summed E-state index contributed by atoms with van der Waals surface area (Å²) in [7, 11) is 0. The molecule has 6 nitrogen and oxygen atoms in total. The molecule has 0 aliphatic rings. The first-order valence-corrected chi connectivity index (χ1v) is 6.59. The Morgan fingerprint density at radius 2 is 2.20 bits per heavy atom. The van der Waals surface area contributed by atoms with E-state index in [2.05, 4.69) is 10.5 Å².